The standard InChI is InChI=1S/C19H16N2OS/c1-2-20-19-21(17(22)12-23-19)18-15-9-5-3-7-13(15)11-14-8-4-6-10-16(14)18/h3-11H,2,12H2,1H3. The largest absolute Gasteiger partial charge is 0.273 e. The van der Waals surface area contributed by atoms with Crippen LogP contribution >= 0.6 is 11.8 Å². The van der Waals surface area contributed by atoms with Crippen molar-refractivity contribution < 1.29 is 4.79 Å². The second-order valence-corrected chi connectivity index (χ2v) is 6.38. The van der Waals surface area contributed by atoms with Gasteiger partial charge in [-0.1, -0.05) is 60.3 Å². The van der Waals surface area contributed by atoms with Crippen LogP contribution in [0.3, 0.4) is 0 Å². The molecule has 0 aromatic heterocycles. The van der Waals surface area contributed by atoms with Crippen LogP contribution in [0.25, 0.3) is 21.5 Å². The molecule has 1 aliphatic rings. The van der Waals surface area contributed by atoms with E-state index in [1.807, 2.05) is 31.2 Å². The molecule has 1 saturated heterocycles. The Morgan fingerprint density at radius 3 is 2.26 bits per heavy atom. The number of nitrogens with zero attached hydrogens (tertiary/aromatic N) is 2. The molecule has 0 bridgehead atoms. The number of benzene rings is 3. The van der Waals surface area contributed by atoms with Crippen molar-refractivity contribution in [3.63, 3.8) is 0 Å². The van der Waals surface area contributed by atoms with E-state index in [0.717, 1.165) is 32.4 Å². The number of anilines is 1. The molecule has 4 heteroatoms. The zero-order chi connectivity index (χ0) is 15.8. The lowest BCUT2D eigenvalue weighted by Gasteiger charge is -2.21. The topological polar surface area (TPSA) is 32.7 Å². The number of amidine groups is 1. The van der Waals surface area contributed by atoms with Crippen molar-refractivity contribution in [2.24, 2.45) is 4.99 Å². The maximum Gasteiger partial charge on any atom is 0.243 e. The van der Waals surface area contributed by atoms with Crippen molar-refractivity contribution >= 4 is 50.1 Å². The average molecular weight is 320 g/mol. The van der Waals surface area contributed by atoms with Gasteiger partial charge in [-0.15, -0.1) is 0 Å². The number of hydrogen-bond donors (Lipinski definition) is 0. The number of hydrogen-bond acceptors (Lipinski definition) is 3. The van der Waals surface area contributed by atoms with Crippen molar-refractivity contribution in [1.29, 1.82) is 0 Å². The van der Waals surface area contributed by atoms with Crippen molar-refractivity contribution in [2.45, 2.75) is 6.92 Å². The molecule has 114 valence electrons. The first kappa shape index (κ1) is 14.3. The van der Waals surface area contributed by atoms with Crippen LogP contribution in [0.15, 0.2) is 59.6 Å². The molecule has 3 aromatic carbocycles. The first-order valence-corrected chi connectivity index (χ1v) is 8.69. The van der Waals surface area contributed by atoms with Gasteiger partial charge >= 0.3 is 0 Å². The average Bonchev–Trinajstić information content (AvgIpc) is 2.93. The molecule has 1 heterocycles. The normalized spacial score (nSPS) is 16.8. The number of rotatable bonds is 2. The smallest absolute Gasteiger partial charge is 0.243 e. The summed E-state index contributed by atoms with van der Waals surface area (Å²) in [5.41, 5.74) is 0.959. The predicted molar refractivity (Wildman–Crippen MR) is 99.4 cm³/mol. The summed E-state index contributed by atoms with van der Waals surface area (Å²) in [6, 6.07) is 18.6. The molecule has 0 N–H and O–H groups in total. The molecule has 0 unspecified atom stereocenters. The zero-order valence-electron chi connectivity index (χ0n) is 12.8. The highest BCUT2D eigenvalue weighted by Gasteiger charge is 2.31. The minimum Gasteiger partial charge on any atom is -0.273 e. The molecule has 0 spiro atoms. The number of fused-ring (bicyclic) bond motifs is 2. The van der Waals surface area contributed by atoms with Gasteiger partial charge in [-0.2, -0.15) is 0 Å². The van der Waals surface area contributed by atoms with Gasteiger partial charge in [0.2, 0.25) is 5.91 Å². The second-order valence-electron chi connectivity index (χ2n) is 5.44. The molecule has 3 aromatic rings. The second kappa shape index (κ2) is 5.70. The third-order valence-corrected chi connectivity index (χ3v) is 4.99. The molecule has 1 aliphatic heterocycles. The summed E-state index contributed by atoms with van der Waals surface area (Å²) in [6.07, 6.45) is 0. The number of aliphatic imine (C=N–C) groups is 1. The molecule has 23 heavy (non-hydrogen) atoms. The maximum atomic E-state index is 12.6. The minimum absolute atomic E-state index is 0.101. The minimum atomic E-state index is 0.101. The fourth-order valence-corrected chi connectivity index (χ4v) is 3.99. The Morgan fingerprint density at radius 1 is 1.04 bits per heavy atom. The highest BCUT2D eigenvalue weighted by molar-refractivity contribution is 8.15. The van der Waals surface area contributed by atoms with Gasteiger partial charge in [-0.25, -0.2) is 0 Å². The van der Waals surface area contributed by atoms with Crippen LogP contribution in [0.2, 0.25) is 0 Å². The van der Waals surface area contributed by atoms with E-state index in [4.69, 9.17) is 0 Å². The summed E-state index contributed by atoms with van der Waals surface area (Å²) in [5, 5.41) is 5.26. The first-order chi connectivity index (χ1) is 11.3. The number of carbonyl (C=O) groups is 1. The molecule has 1 amide bonds. The zero-order valence-corrected chi connectivity index (χ0v) is 13.6. The van der Waals surface area contributed by atoms with E-state index in [0.29, 0.717) is 12.3 Å². The number of carbonyl (C=O) groups excluding carboxylic acids is 1. The third kappa shape index (κ3) is 2.30. The number of thioether (sulfide) groups is 1. The van der Waals surface area contributed by atoms with E-state index < -0.39 is 0 Å². The van der Waals surface area contributed by atoms with E-state index in [1.165, 1.54) is 11.8 Å². The van der Waals surface area contributed by atoms with E-state index in [9.17, 15) is 4.79 Å². The Balaban J connectivity index is 2.10. The summed E-state index contributed by atoms with van der Waals surface area (Å²) in [5.74, 6) is 0.555. The molecule has 0 saturated carbocycles. The molecule has 0 atom stereocenters. The van der Waals surface area contributed by atoms with Gasteiger partial charge in [0.25, 0.3) is 0 Å². The van der Waals surface area contributed by atoms with Crippen LogP contribution in [-0.2, 0) is 4.79 Å². The van der Waals surface area contributed by atoms with E-state index >= 15 is 0 Å². The molecule has 3 nitrogen and oxygen atoms in total. The third-order valence-electron chi connectivity index (χ3n) is 4.03. The Kier molecular flexibility index (Phi) is 3.54. The van der Waals surface area contributed by atoms with Crippen LogP contribution in [0, 0.1) is 0 Å². The lowest BCUT2D eigenvalue weighted by atomic mass is 10.00. The Morgan fingerprint density at radius 2 is 1.65 bits per heavy atom. The van der Waals surface area contributed by atoms with Crippen LogP contribution in [0.4, 0.5) is 5.69 Å². The summed E-state index contributed by atoms with van der Waals surface area (Å²) in [4.78, 5) is 18.9. The molecule has 1 fully saturated rings. The number of amides is 1. The van der Waals surface area contributed by atoms with Gasteiger partial charge in [-0.3, -0.25) is 14.7 Å². The lowest BCUT2D eigenvalue weighted by Crippen LogP contribution is -2.29. The van der Waals surface area contributed by atoms with E-state index in [2.05, 4.69) is 35.3 Å². The van der Waals surface area contributed by atoms with Crippen LogP contribution in [0.5, 0.6) is 0 Å². The van der Waals surface area contributed by atoms with Crippen molar-refractivity contribution in [2.75, 3.05) is 17.2 Å². The molecule has 0 radical (unpaired) electrons. The van der Waals surface area contributed by atoms with Crippen molar-refractivity contribution in [1.82, 2.24) is 0 Å². The van der Waals surface area contributed by atoms with Gasteiger partial charge in [0.1, 0.15) is 0 Å². The van der Waals surface area contributed by atoms with Gasteiger partial charge in [0.05, 0.1) is 11.4 Å². The van der Waals surface area contributed by atoms with Crippen LogP contribution < -0.4 is 4.90 Å². The predicted octanol–water partition coefficient (Wildman–Crippen LogP) is 4.45. The quantitative estimate of drug-likeness (QED) is 0.654. The fourth-order valence-electron chi connectivity index (χ4n) is 3.06. The highest BCUT2D eigenvalue weighted by atomic mass is 32.2. The summed E-state index contributed by atoms with van der Waals surface area (Å²) in [7, 11) is 0. The first-order valence-electron chi connectivity index (χ1n) is 7.70. The lowest BCUT2D eigenvalue weighted by molar-refractivity contribution is -0.115. The van der Waals surface area contributed by atoms with E-state index in [-0.39, 0.29) is 5.91 Å². The van der Waals surface area contributed by atoms with Gasteiger partial charge in [-0.05, 0) is 23.8 Å². The molecule has 4 rings (SSSR count). The maximum absolute atomic E-state index is 12.6. The Bertz CT molecular complexity index is 894. The molecular weight excluding hydrogens is 304 g/mol. The van der Waals surface area contributed by atoms with Gasteiger partial charge in [0, 0.05) is 17.3 Å². The molecule has 0 aliphatic carbocycles. The van der Waals surface area contributed by atoms with Crippen LogP contribution in [-0.4, -0.2) is 23.4 Å². The van der Waals surface area contributed by atoms with Gasteiger partial charge in [0.15, 0.2) is 5.17 Å². The van der Waals surface area contributed by atoms with Crippen LogP contribution in [0.1, 0.15) is 6.92 Å². The monoisotopic (exact) mass is 320 g/mol. The van der Waals surface area contributed by atoms with Crippen molar-refractivity contribution in [3.8, 4) is 0 Å². The summed E-state index contributed by atoms with van der Waals surface area (Å²) in [6.45, 7) is 2.67. The Hall–Kier alpha value is -2.33. The fraction of sp³-hybridized carbons (Fsp3) is 0.158. The molecular formula is C19H16N2OS. The Labute approximate surface area is 139 Å². The van der Waals surface area contributed by atoms with Gasteiger partial charge < -0.3 is 0 Å². The van der Waals surface area contributed by atoms with E-state index in [1.54, 1.807) is 4.90 Å². The highest BCUT2D eigenvalue weighted by Crippen LogP contribution is 2.39. The summed E-state index contributed by atoms with van der Waals surface area (Å²) >= 11 is 1.52. The van der Waals surface area contributed by atoms with Crippen molar-refractivity contribution in [3.05, 3.63) is 54.6 Å². The SMILES string of the molecule is CCN=C1SCC(=O)N1c1c2ccccc2cc2ccccc12. The summed E-state index contributed by atoms with van der Waals surface area (Å²) < 4.78 is 0.